The summed E-state index contributed by atoms with van der Waals surface area (Å²) in [5, 5.41) is 3.36. The molecule has 22 heavy (non-hydrogen) atoms. The summed E-state index contributed by atoms with van der Waals surface area (Å²) in [6.45, 7) is 5.69. The Labute approximate surface area is 130 Å². The molecule has 0 atom stereocenters. The maximum Gasteiger partial charge on any atom is 0.225 e. The van der Waals surface area contributed by atoms with Gasteiger partial charge in [-0.3, -0.25) is 0 Å². The Morgan fingerprint density at radius 3 is 2.68 bits per heavy atom. The zero-order chi connectivity index (χ0) is 14.8. The number of hydrogen-bond donors (Lipinski definition) is 1. The summed E-state index contributed by atoms with van der Waals surface area (Å²) in [6.07, 6.45) is 4.83. The molecule has 0 spiro atoms. The molecule has 4 rings (SSSR count). The molecule has 6 heteroatoms. The minimum absolute atomic E-state index is 0.876. The quantitative estimate of drug-likeness (QED) is 0.886. The second kappa shape index (κ2) is 5.88. The van der Waals surface area contributed by atoms with Crippen LogP contribution in [0.25, 0.3) is 0 Å². The van der Waals surface area contributed by atoms with Crippen LogP contribution < -0.4 is 15.1 Å². The molecule has 2 aliphatic rings. The summed E-state index contributed by atoms with van der Waals surface area (Å²) in [7, 11) is 0. The molecule has 0 unspecified atom stereocenters. The van der Waals surface area contributed by atoms with E-state index in [-0.39, 0.29) is 0 Å². The topological polar surface area (TPSA) is 57.2 Å². The van der Waals surface area contributed by atoms with Crippen molar-refractivity contribution in [2.75, 3.05) is 42.5 Å². The Balaban J connectivity index is 1.45. The molecule has 1 N–H and O–H groups in total. The lowest BCUT2D eigenvalue weighted by Crippen LogP contribution is -2.47. The number of hydrogen-bond acceptors (Lipinski definition) is 6. The Morgan fingerprint density at radius 1 is 1.00 bits per heavy atom. The van der Waals surface area contributed by atoms with Crippen LogP contribution in [-0.2, 0) is 13.0 Å². The fraction of sp³-hybridized carbons (Fsp3) is 0.438. The number of pyridine rings is 1. The van der Waals surface area contributed by atoms with Gasteiger partial charge in [-0.25, -0.2) is 15.0 Å². The number of nitrogens with one attached hydrogen (secondary N) is 1. The average Bonchev–Trinajstić information content (AvgIpc) is 2.62. The average molecular weight is 296 g/mol. The van der Waals surface area contributed by atoms with Crippen molar-refractivity contribution in [2.24, 2.45) is 0 Å². The maximum atomic E-state index is 4.78. The molecule has 1 saturated heterocycles. The molecule has 0 aromatic carbocycles. The molecule has 0 amide bonds. The summed E-state index contributed by atoms with van der Waals surface area (Å²) < 4.78 is 0. The van der Waals surface area contributed by atoms with Crippen molar-refractivity contribution in [3.63, 3.8) is 0 Å². The SMILES string of the molecule is c1ccc(N2CCN(c3ncc4c(n3)CCNC4)CC2)nc1. The highest BCUT2D eigenvalue weighted by Crippen LogP contribution is 2.18. The predicted molar refractivity (Wildman–Crippen MR) is 86.1 cm³/mol. The van der Waals surface area contributed by atoms with Gasteiger partial charge in [-0.1, -0.05) is 6.07 Å². The minimum atomic E-state index is 0.876. The van der Waals surface area contributed by atoms with Gasteiger partial charge >= 0.3 is 0 Å². The third-order valence-corrected chi connectivity index (χ3v) is 4.33. The van der Waals surface area contributed by atoms with Crippen LogP contribution >= 0.6 is 0 Å². The summed E-state index contributed by atoms with van der Waals surface area (Å²) >= 11 is 0. The Morgan fingerprint density at radius 2 is 1.86 bits per heavy atom. The van der Waals surface area contributed by atoms with E-state index in [1.165, 1.54) is 11.3 Å². The number of piperazine rings is 1. The highest BCUT2D eigenvalue weighted by molar-refractivity contribution is 5.42. The molecule has 114 valence electrons. The first-order chi connectivity index (χ1) is 10.9. The van der Waals surface area contributed by atoms with Crippen molar-refractivity contribution in [2.45, 2.75) is 13.0 Å². The van der Waals surface area contributed by atoms with Gasteiger partial charge in [0.2, 0.25) is 5.95 Å². The van der Waals surface area contributed by atoms with Crippen molar-refractivity contribution in [1.82, 2.24) is 20.3 Å². The Kier molecular flexibility index (Phi) is 3.60. The first kappa shape index (κ1) is 13.5. The molecule has 2 aromatic rings. The van der Waals surface area contributed by atoms with Crippen LogP contribution in [0, 0.1) is 0 Å². The van der Waals surface area contributed by atoms with Crippen LogP contribution in [-0.4, -0.2) is 47.7 Å². The predicted octanol–water partition coefficient (Wildman–Crippen LogP) is 0.844. The van der Waals surface area contributed by atoms with E-state index in [0.717, 1.165) is 57.5 Å². The van der Waals surface area contributed by atoms with Crippen LogP contribution in [0.1, 0.15) is 11.3 Å². The van der Waals surface area contributed by atoms with Gasteiger partial charge in [0.15, 0.2) is 0 Å². The molecular weight excluding hydrogens is 276 g/mol. The van der Waals surface area contributed by atoms with Crippen molar-refractivity contribution < 1.29 is 0 Å². The minimum Gasteiger partial charge on any atom is -0.353 e. The van der Waals surface area contributed by atoms with Gasteiger partial charge in [0, 0.05) is 63.6 Å². The lowest BCUT2D eigenvalue weighted by molar-refractivity contribution is 0.608. The molecule has 0 bridgehead atoms. The number of rotatable bonds is 2. The second-order valence-corrected chi connectivity index (χ2v) is 5.73. The fourth-order valence-corrected chi connectivity index (χ4v) is 3.05. The van der Waals surface area contributed by atoms with Gasteiger partial charge in [0.05, 0.1) is 5.69 Å². The van der Waals surface area contributed by atoms with E-state index in [9.17, 15) is 0 Å². The smallest absolute Gasteiger partial charge is 0.225 e. The second-order valence-electron chi connectivity index (χ2n) is 5.73. The molecule has 0 radical (unpaired) electrons. The number of fused-ring (bicyclic) bond motifs is 1. The largest absolute Gasteiger partial charge is 0.353 e. The molecule has 2 aliphatic heterocycles. The molecule has 0 aliphatic carbocycles. The van der Waals surface area contributed by atoms with E-state index in [1.807, 2.05) is 24.5 Å². The van der Waals surface area contributed by atoms with Crippen molar-refractivity contribution in [3.05, 3.63) is 41.9 Å². The highest BCUT2D eigenvalue weighted by atomic mass is 15.3. The fourth-order valence-electron chi connectivity index (χ4n) is 3.05. The van der Waals surface area contributed by atoms with Crippen LogP contribution in [0.2, 0.25) is 0 Å². The van der Waals surface area contributed by atoms with E-state index in [0.29, 0.717) is 0 Å². The van der Waals surface area contributed by atoms with E-state index in [1.54, 1.807) is 0 Å². The Hall–Kier alpha value is -2.21. The van der Waals surface area contributed by atoms with E-state index in [4.69, 9.17) is 4.98 Å². The van der Waals surface area contributed by atoms with Crippen LogP contribution in [0.4, 0.5) is 11.8 Å². The molecule has 4 heterocycles. The Bertz CT molecular complexity index is 636. The monoisotopic (exact) mass is 296 g/mol. The van der Waals surface area contributed by atoms with Crippen LogP contribution in [0.15, 0.2) is 30.6 Å². The maximum absolute atomic E-state index is 4.78. The number of aromatic nitrogens is 3. The van der Waals surface area contributed by atoms with Gasteiger partial charge in [-0.2, -0.15) is 0 Å². The van der Waals surface area contributed by atoms with Crippen LogP contribution in [0.5, 0.6) is 0 Å². The lowest BCUT2D eigenvalue weighted by atomic mass is 10.1. The standard InChI is InChI=1S/C16H20N6/c1-2-5-18-15(3-1)21-7-9-22(10-8-21)16-19-12-13-11-17-6-4-14(13)20-16/h1-3,5,12,17H,4,6-11H2. The van der Waals surface area contributed by atoms with Crippen LogP contribution in [0.3, 0.4) is 0 Å². The molecule has 1 fully saturated rings. The van der Waals surface area contributed by atoms with Gasteiger partial charge in [-0.05, 0) is 12.1 Å². The van der Waals surface area contributed by atoms with Crippen molar-refractivity contribution >= 4 is 11.8 Å². The molecule has 2 aromatic heterocycles. The number of nitrogens with zero attached hydrogens (tertiary/aromatic N) is 5. The molecule has 0 saturated carbocycles. The van der Waals surface area contributed by atoms with E-state index in [2.05, 4.69) is 31.2 Å². The zero-order valence-electron chi connectivity index (χ0n) is 12.6. The summed E-state index contributed by atoms with van der Waals surface area (Å²) in [6, 6.07) is 6.06. The van der Waals surface area contributed by atoms with Crippen molar-refractivity contribution in [1.29, 1.82) is 0 Å². The first-order valence-electron chi connectivity index (χ1n) is 7.86. The number of anilines is 2. The van der Waals surface area contributed by atoms with Gasteiger partial charge in [-0.15, -0.1) is 0 Å². The van der Waals surface area contributed by atoms with E-state index < -0.39 is 0 Å². The van der Waals surface area contributed by atoms with Crippen molar-refractivity contribution in [3.8, 4) is 0 Å². The van der Waals surface area contributed by atoms with Gasteiger partial charge < -0.3 is 15.1 Å². The lowest BCUT2D eigenvalue weighted by Gasteiger charge is -2.35. The molecule has 6 nitrogen and oxygen atoms in total. The zero-order valence-corrected chi connectivity index (χ0v) is 12.6. The van der Waals surface area contributed by atoms with Gasteiger partial charge in [0.1, 0.15) is 5.82 Å². The van der Waals surface area contributed by atoms with Gasteiger partial charge in [0.25, 0.3) is 0 Å². The normalized spacial score (nSPS) is 18.2. The summed E-state index contributed by atoms with van der Waals surface area (Å²) in [4.78, 5) is 18.4. The first-order valence-corrected chi connectivity index (χ1v) is 7.86. The third kappa shape index (κ3) is 2.62. The van der Waals surface area contributed by atoms with E-state index >= 15 is 0 Å². The molecular formula is C16H20N6. The summed E-state index contributed by atoms with van der Waals surface area (Å²) in [5.74, 6) is 1.93. The summed E-state index contributed by atoms with van der Waals surface area (Å²) in [5.41, 5.74) is 2.44. The highest BCUT2D eigenvalue weighted by Gasteiger charge is 2.21. The third-order valence-electron chi connectivity index (χ3n) is 4.33.